The van der Waals surface area contributed by atoms with Gasteiger partial charge < -0.3 is 15.8 Å². The molecule has 0 saturated heterocycles. The highest BCUT2D eigenvalue weighted by atomic mass is 16.5. The van der Waals surface area contributed by atoms with Crippen molar-refractivity contribution >= 4 is 11.9 Å². The molecule has 0 aliphatic rings. The van der Waals surface area contributed by atoms with Gasteiger partial charge in [-0.1, -0.05) is 20.8 Å². The molecular weight excluding hydrogens is 220 g/mol. The second-order valence-corrected chi connectivity index (χ2v) is 4.69. The summed E-state index contributed by atoms with van der Waals surface area (Å²) in [7, 11) is 1.32. The molecule has 1 amide bonds. The van der Waals surface area contributed by atoms with Crippen molar-refractivity contribution < 1.29 is 14.3 Å². The van der Waals surface area contributed by atoms with Crippen LogP contribution in [0.1, 0.15) is 33.6 Å². The van der Waals surface area contributed by atoms with E-state index < -0.39 is 12.0 Å². The van der Waals surface area contributed by atoms with E-state index in [0.717, 1.165) is 0 Å². The summed E-state index contributed by atoms with van der Waals surface area (Å²) in [5.74, 6) is -0.415. The van der Waals surface area contributed by atoms with Crippen molar-refractivity contribution in [2.24, 2.45) is 17.6 Å². The normalized spacial score (nSPS) is 14.2. The van der Waals surface area contributed by atoms with Crippen LogP contribution in [0.4, 0.5) is 0 Å². The quantitative estimate of drug-likeness (QED) is 0.645. The van der Waals surface area contributed by atoms with Gasteiger partial charge in [-0.05, 0) is 25.3 Å². The van der Waals surface area contributed by atoms with Crippen LogP contribution >= 0.6 is 0 Å². The lowest BCUT2D eigenvalue weighted by Gasteiger charge is -2.20. The lowest BCUT2D eigenvalue weighted by atomic mass is 10.0. The van der Waals surface area contributed by atoms with Crippen molar-refractivity contribution in [3.8, 4) is 0 Å². The van der Waals surface area contributed by atoms with Gasteiger partial charge >= 0.3 is 5.97 Å². The number of nitrogens with two attached hydrogens (primary N) is 1. The summed E-state index contributed by atoms with van der Waals surface area (Å²) in [6.07, 6.45) is 1.19. The largest absolute Gasteiger partial charge is 0.467 e. The van der Waals surface area contributed by atoms with Crippen molar-refractivity contribution in [2.45, 2.75) is 39.7 Å². The average Bonchev–Trinajstić information content (AvgIpc) is 2.26. The molecule has 0 heterocycles. The zero-order valence-electron chi connectivity index (χ0n) is 11.2. The van der Waals surface area contributed by atoms with Crippen LogP contribution < -0.4 is 11.1 Å². The summed E-state index contributed by atoms with van der Waals surface area (Å²) in [6, 6.07) is -0.562. The Labute approximate surface area is 103 Å². The van der Waals surface area contributed by atoms with Gasteiger partial charge in [0.05, 0.1) is 7.11 Å². The number of methoxy groups -OCH3 is 1. The van der Waals surface area contributed by atoms with Gasteiger partial charge in [0.25, 0.3) is 0 Å². The Morgan fingerprint density at radius 2 is 1.88 bits per heavy atom. The summed E-state index contributed by atoms with van der Waals surface area (Å²) < 4.78 is 4.68. The highest BCUT2D eigenvalue weighted by Gasteiger charge is 2.24. The third-order valence-electron chi connectivity index (χ3n) is 2.56. The molecule has 0 aliphatic carbocycles. The van der Waals surface area contributed by atoms with E-state index in [0.29, 0.717) is 25.3 Å². The molecule has 5 heteroatoms. The Kier molecular flexibility index (Phi) is 7.54. The molecule has 0 aliphatic heterocycles. The molecule has 0 bridgehead atoms. The molecule has 3 N–H and O–H groups in total. The predicted octanol–water partition coefficient (Wildman–Crippen LogP) is 0.675. The lowest BCUT2D eigenvalue weighted by Crippen LogP contribution is -2.44. The fourth-order valence-electron chi connectivity index (χ4n) is 1.52. The smallest absolute Gasteiger partial charge is 0.328 e. The molecule has 0 fully saturated rings. The minimum Gasteiger partial charge on any atom is -0.467 e. The fourth-order valence-corrected chi connectivity index (χ4v) is 1.52. The molecule has 0 aromatic rings. The van der Waals surface area contributed by atoms with Crippen molar-refractivity contribution in [3.05, 3.63) is 0 Å². The monoisotopic (exact) mass is 244 g/mol. The number of carbonyl (C=O) groups is 2. The Hall–Kier alpha value is -1.10. The third-order valence-corrected chi connectivity index (χ3v) is 2.56. The number of hydrogen-bond acceptors (Lipinski definition) is 4. The minimum absolute atomic E-state index is 0.147. The highest BCUT2D eigenvalue weighted by molar-refractivity contribution is 5.85. The molecule has 5 nitrogen and oxygen atoms in total. The number of esters is 1. The van der Waals surface area contributed by atoms with Gasteiger partial charge in [0.15, 0.2) is 0 Å². The first-order valence-corrected chi connectivity index (χ1v) is 6.00. The van der Waals surface area contributed by atoms with Crippen LogP contribution in [0.15, 0.2) is 0 Å². The second-order valence-electron chi connectivity index (χ2n) is 4.69. The second kappa shape index (κ2) is 8.06. The van der Waals surface area contributed by atoms with Crippen LogP contribution in [0, 0.1) is 11.8 Å². The van der Waals surface area contributed by atoms with Gasteiger partial charge in [0.1, 0.15) is 6.04 Å². The lowest BCUT2D eigenvalue weighted by molar-refractivity contribution is -0.146. The molecule has 17 heavy (non-hydrogen) atoms. The van der Waals surface area contributed by atoms with Gasteiger partial charge in [-0.25, -0.2) is 4.79 Å². The summed E-state index contributed by atoms with van der Waals surface area (Å²) in [4.78, 5) is 23.3. The first-order valence-electron chi connectivity index (χ1n) is 6.00. The van der Waals surface area contributed by atoms with Gasteiger partial charge in [0.2, 0.25) is 5.91 Å². The van der Waals surface area contributed by atoms with Crippen molar-refractivity contribution in [1.82, 2.24) is 5.32 Å². The van der Waals surface area contributed by atoms with Gasteiger partial charge in [-0.2, -0.15) is 0 Å². The molecule has 0 spiro atoms. The number of amides is 1. The molecule has 100 valence electrons. The fraction of sp³-hybridized carbons (Fsp3) is 0.833. The van der Waals surface area contributed by atoms with Crippen molar-refractivity contribution in [3.63, 3.8) is 0 Å². The van der Waals surface area contributed by atoms with Gasteiger partial charge in [-0.3, -0.25) is 4.79 Å². The number of rotatable bonds is 7. The third kappa shape index (κ3) is 6.26. The van der Waals surface area contributed by atoms with E-state index in [1.54, 1.807) is 6.92 Å². The van der Waals surface area contributed by atoms with Crippen LogP contribution in [-0.4, -0.2) is 31.6 Å². The van der Waals surface area contributed by atoms with Gasteiger partial charge in [-0.15, -0.1) is 0 Å². The van der Waals surface area contributed by atoms with Crippen LogP contribution in [0.3, 0.4) is 0 Å². The molecule has 0 aromatic heterocycles. The Morgan fingerprint density at radius 3 is 2.29 bits per heavy atom. The van der Waals surface area contributed by atoms with E-state index in [-0.39, 0.29) is 11.8 Å². The van der Waals surface area contributed by atoms with E-state index in [4.69, 9.17) is 5.73 Å². The summed E-state index contributed by atoms with van der Waals surface area (Å²) in [5, 5.41) is 2.71. The van der Waals surface area contributed by atoms with Crippen LogP contribution in [-0.2, 0) is 14.3 Å². The molecule has 0 radical (unpaired) electrons. The number of carbonyl (C=O) groups excluding carboxylic acids is 2. The molecule has 0 aromatic carbocycles. The molecule has 1 unspecified atom stereocenters. The average molecular weight is 244 g/mol. The maximum absolute atomic E-state index is 11.8. The van der Waals surface area contributed by atoms with Crippen molar-refractivity contribution in [1.29, 1.82) is 0 Å². The number of hydrogen-bond donors (Lipinski definition) is 2. The number of ether oxygens (including phenoxy) is 1. The van der Waals surface area contributed by atoms with E-state index in [1.165, 1.54) is 7.11 Å². The van der Waals surface area contributed by atoms with E-state index in [2.05, 4.69) is 10.1 Å². The zero-order valence-corrected chi connectivity index (χ0v) is 11.2. The van der Waals surface area contributed by atoms with E-state index in [1.807, 2.05) is 13.8 Å². The Morgan fingerprint density at radius 1 is 1.29 bits per heavy atom. The van der Waals surface area contributed by atoms with Crippen LogP contribution in [0.25, 0.3) is 0 Å². The van der Waals surface area contributed by atoms with E-state index in [9.17, 15) is 9.59 Å². The first-order chi connectivity index (χ1) is 7.92. The van der Waals surface area contributed by atoms with Crippen LogP contribution in [0.2, 0.25) is 0 Å². The Bertz CT molecular complexity index is 254. The van der Waals surface area contributed by atoms with Crippen molar-refractivity contribution in [2.75, 3.05) is 13.7 Å². The molecule has 2 atom stereocenters. The maximum atomic E-state index is 11.8. The summed E-state index contributed by atoms with van der Waals surface area (Å²) in [6.45, 7) is 6.24. The van der Waals surface area contributed by atoms with Crippen LogP contribution in [0.5, 0.6) is 0 Å². The van der Waals surface area contributed by atoms with E-state index >= 15 is 0 Å². The molecule has 0 rings (SSSR count). The summed E-state index contributed by atoms with van der Waals surface area (Å²) >= 11 is 0. The van der Waals surface area contributed by atoms with Gasteiger partial charge in [0, 0.05) is 5.92 Å². The zero-order chi connectivity index (χ0) is 13.4. The molecule has 0 saturated carbocycles. The topological polar surface area (TPSA) is 81.4 Å². The minimum atomic E-state index is -0.562. The predicted molar refractivity (Wildman–Crippen MR) is 66.2 cm³/mol. The standard InChI is InChI=1S/C12H24N2O3/c1-8(2)7-10(12(16)17-4)14-11(15)9(3)5-6-13/h8-10H,5-7,13H2,1-4H3,(H,14,15)/t9?,10-/m0/s1. The Balaban J connectivity index is 4.42. The maximum Gasteiger partial charge on any atom is 0.328 e. The summed E-state index contributed by atoms with van der Waals surface area (Å²) in [5.41, 5.74) is 5.39. The first kappa shape index (κ1) is 15.9. The SMILES string of the molecule is COC(=O)[C@H](CC(C)C)NC(=O)C(C)CCN. The molecular formula is C12H24N2O3. The highest BCUT2D eigenvalue weighted by Crippen LogP contribution is 2.08. The number of nitrogens with one attached hydrogen (secondary N) is 1.